The molecule has 3 aromatic carbocycles. The fourth-order valence-corrected chi connectivity index (χ4v) is 3.59. The Labute approximate surface area is 262 Å². The minimum atomic E-state index is 0. The van der Waals surface area contributed by atoms with Crippen molar-refractivity contribution in [3.05, 3.63) is 147 Å². The zero-order valence-corrected chi connectivity index (χ0v) is 24.4. The second-order valence-corrected chi connectivity index (χ2v) is 8.14. The first-order chi connectivity index (χ1) is 18.7. The van der Waals surface area contributed by atoms with Crippen molar-refractivity contribution < 1.29 is 44.6 Å². The van der Waals surface area contributed by atoms with Gasteiger partial charge in [-0.1, -0.05) is 5.75 Å². The fourth-order valence-electron chi connectivity index (χ4n) is 3.59. The predicted molar refractivity (Wildman–Crippen MR) is 146 cm³/mol. The summed E-state index contributed by atoms with van der Waals surface area (Å²) in [5, 5.41) is 0. The van der Waals surface area contributed by atoms with Gasteiger partial charge < -0.3 is 42.1 Å². The number of ether oxygens (including phenoxy) is 1. The van der Waals surface area contributed by atoms with Gasteiger partial charge in [-0.25, -0.2) is 23.2 Å². The summed E-state index contributed by atoms with van der Waals surface area (Å²) >= 11 is 0. The van der Waals surface area contributed by atoms with Crippen molar-refractivity contribution >= 4 is 5.69 Å². The van der Waals surface area contributed by atoms with Crippen LogP contribution in [-0.2, 0) is 39.9 Å². The van der Waals surface area contributed by atoms with Crippen LogP contribution in [0, 0.1) is 49.5 Å². The van der Waals surface area contributed by atoms with Crippen LogP contribution in [0.4, 0.5) is 5.69 Å². The molecule has 0 amide bonds. The van der Waals surface area contributed by atoms with E-state index in [4.69, 9.17) is 11.2 Å². The molecule has 1 aliphatic rings. The fraction of sp³-hybridized carbons (Fsp3) is 0.0303. The largest absolute Gasteiger partial charge is 0.669 e. The van der Waals surface area contributed by atoms with E-state index in [9.17, 15) is 0 Å². The topological polar surface area (TPSA) is 33.5 Å². The van der Waals surface area contributed by atoms with Crippen molar-refractivity contribution in [1.82, 2.24) is 14.5 Å². The molecule has 3 heterocycles. The number of pyridine rings is 1. The van der Waals surface area contributed by atoms with Crippen molar-refractivity contribution in [2.24, 2.45) is 0 Å². The third-order valence-electron chi connectivity index (χ3n) is 5.40. The molecule has 0 fully saturated rings. The molecule has 0 saturated carbocycles. The molecule has 0 saturated heterocycles. The monoisotopic (exact) mass is 698 g/mol. The second kappa shape index (κ2) is 15.0. The van der Waals surface area contributed by atoms with Gasteiger partial charge in [0.15, 0.2) is 0 Å². The van der Waals surface area contributed by atoms with E-state index in [1.165, 1.54) is 0 Å². The summed E-state index contributed by atoms with van der Waals surface area (Å²) in [7, 11) is 1.98. The number of rotatable bonds is 5. The Hall–Kier alpha value is -3.92. The molecule has 7 heteroatoms. The van der Waals surface area contributed by atoms with Gasteiger partial charge in [0, 0.05) is 58.0 Å². The summed E-state index contributed by atoms with van der Waals surface area (Å²) in [6.07, 6.45) is 15.8. The first kappa shape index (κ1) is 30.6. The van der Waals surface area contributed by atoms with Gasteiger partial charge in [0.25, 0.3) is 0 Å². The van der Waals surface area contributed by atoms with Crippen molar-refractivity contribution in [3.8, 4) is 39.9 Å². The SMILES string of the molecule is CN1C=CN(c2[c-]c(Oc3[c-]c(-c4[c-]c(-c5[c-]cccc5)ccn4)[c-]cc3)ccc2)[CH-]1.[C-]#Cn1cccc1.[Pd].[Rh]. The Morgan fingerprint density at radius 3 is 2.38 bits per heavy atom. The third kappa shape index (κ3) is 8.04. The molecular formula is C33H21N4OPdRh-7. The minimum absolute atomic E-state index is 0. The Morgan fingerprint density at radius 1 is 0.850 bits per heavy atom. The zero-order valence-electron chi connectivity index (χ0n) is 21.2. The summed E-state index contributed by atoms with van der Waals surface area (Å²) in [6, 6.07) is 41.2. The van der Waals surface area contributed by atoms with Crippen LogP contribution in [0.3, 0.4) is 0 Å². The van der Waals surface area contributed by atoms with Crippen LogP contribution >= 0.6 is 0 Å². The Balaban J connectivity index is 0.000000431. The smallest absolute Gasteiger partial charge is 0.0143 e. The summed E-state index contributed by atoms with van der Waals surface area (Å²) in [4.78, 5) is 8.39. The van der Waals surface area contributed by atoms with Crippen LogP contribution in [-0.4, -0.2) is 21.5 Å². The second-order valence-electron chi connectivity index (χ2n) is 8.14. The first-order valence-corrected chi connectivity index (χ1v) is 11.8. The van der Waals surface area contributed by atoms with Gasteiger partial charge in [0.05, 0.1) is 0 Å². The van der Waals surface area contributed by atoms with Gasteiger partial charge in [0.1, 0.15) is 0 Å². The molecule has 1 aliphatic heterocycles. The zero-order chi connectivity index (χ0) is 26.2. The van der Waals surface area contributed by atoms with Crippen molar-refractivity contribution in [1.29, 1.82) is 0 Å². The summed E-state index contributed by atoms with van der Waals surface area (Å²) in [5.74, 6) is 1.17. The third-order valence-corrected chi connectivity index (χ3v) is 5.40. The van der Waals surface area contributed by atoms with Gasteiger partial charge >= 0.3 is 0 Å². The van der Waals surface area contributed by atoms with Crippen molar-refractivity contribution in [2.45, 2.75) is 0 Å². The molecule has 0 N–H and O–H groups in total. The van der Waals surface area contributed by atoms with Gasteiger partial charge in [-0.2, -0.15) is 54.8 Å². The van der Waals surface area contributed by atoms with E-state index < -0.39 is 0 Å². The molecule has 0 spiro atoms. The Kier molecular flexibility index (Phi) is 11.5. The number of hydrogen-bond acceptors (Lipinski definition) is 4. The maximum atomic E-state index is 6.57. The molecule has 5 nitrogen and oxygen atoms in total. The number of benzene rings is 3. The van der Waals surface area contributed by atoms with Crippen molar-refractivity contribution in [3.63, 3.8) is 0 Å². The molecule has 2 aromatic heterocycles. The van der Waals surface area contributed by atoms with E-state index in [1.807, 2.05) is 103 Å². The minimum Gasteiger partial charge on any atom is -0.669 e. The molecule has 1 radical (unpaired) electrons. The molecule has 0 bridgehead atoms. The summed E-state index contributed by atoms with van der Waals surface area (Å²) in [6.45, 7) is 1.97. The van der Waals surface area contributed by atoms with Crippen LogP contribution in [0.15, 0.2) is 104 Å². The van der Waals surface area contributed by atoms with Crippen molar-refractivity contribution in [2.75, 3.05) is 11.9 Å². The Bertz CT molecular complexity index is 1570. The quantitative estimate of drug-likeness (QED) is 0.121. The molecule has 40 heavy (non-hydrogen) atoms. The van der Waals surface area contributed by atoms with Crippen LogP contribution in [0.5, 0.6) is 11.5 Å². The standard InChI is InChI=1S/C27H17N3O.C6H4N.Pd.Rh/c1-29-15-16-30(20-29)24-10-6-12-26(19-24)31-25-11-5-9-23(17-25)27-18-22(13-14-28-27)21-7-3-2-4-8-21;1-2-7-5-3-4-6-7;;/h2-7,10-16,20H,1H3;3-6H;;/q-6;-1;;. The molecular weight excluding hydrogens is 678 g/mol. The molecule has 5 aromatic rings. The summed E-state index contributed by atoms with van der Waals surface area (Å²) in [5.41, 5.74) is 4.10. The number of anilines is 1. The van der Waals surface area contributed by atoms with Crippen LogP contribution in [0.1, 0.15) is 0 Å². The molecule has 6 rings (SSSR count). The van der Waals surface area contributed by atoms with E-state index in [0.29, 0.717) is 22.8 Å². The van der Waals surface area contributed by atoms with E-state index in [0.717, 1.165) is 16.8 Å². The average Bonchev–Trinajstić information content (AvgIpc) is 3.66. The van der Waals surface area contributed by atoms with E-state index in [2.05, 4.69) is 41.4 Å². The number of nitrogens with zero attached hydrogens (tertiary/aromatic N) is 4. The summed E-state index contributed by atoms with van der Waals surface area (Å²) < 4.78 is 7.57. The number of aromatic nitrogens is 2. The Morgan fingerprint density at radius 2 is 1.68 bits per heavy atom. The molecule has 0 atom stereocenters. The predicted octanol–water partition coefficient (Wildman–Crippen LogP) is 6.43. The normalized spacial score (nSPS) is 11.4. The number of hydrogen-bond donors (Lipinski definition) is 0. The van der Waals surface area contributed by atoms with Gasteiger partial charge in [-0.05, 0) is 37.8 Å². The van der Waals surface area contributed by atoms with Gasteiger partial charge in [-0.3, -0.25) is 12.1 Å². The van der Waals surface area contributed by atoms with Gasteiger partial charge in [-0.15, -0.1) is 30.0 Å². The maximum absolute atomic E-state index is 6.57. The van der Waals surface area contributed by atoms with Crippen LogP contribution in [0.25, 0.3) is 22.4 Å². The molecule has 0 aliphatic carbocycles. The van der Waals surface area contributed by atoms with Crippen LogP contribution < -0.4 is 9.64 Å². The van der Waals surface area contributed by atoms with Gasteiger partial charge in [0.2, 0.25) is 0 Å². The first-order valence-electron chi connectivity index (χ1n) is 11.8. The molecule has 205 valence electrons. The van der Waals surface area contributed by atoms with E-state index in [1.54, 1.807) is 29.2 Å². The maximum Gasteiger partial charge on any atom is 0.0143 e. The molecule has 0 unspecified atom stereocenters. The van der Waals surface area contributed by atoms with Crippen LogP contribution in [0.2, 0.25) is 0 Å². The van der Waals surface area contributed by atoms with E-state index in [-0.39, 0.29) is 39.9 Å². The van der Waals surface area contributed by atoms with E-state index >= 15 is 0 Å². The average molecular weight is 699 g/mol.